The van der Waals surface area contributed by atoms with Crippen LogP contribution < -0.4 is 5.32 Å². The topological polar surface area (TPSA) is 69.6 Å². The smallest absolute Gasteiger partial charge is 0.306 e. The standard InChI is InChI=1S/C14H18FNO3/c15-11-3-1-2-4-12(11)16-9-14(19)7-5-10(6-8-14)13(17)18/h1-4,10,16,19H,5-9H2,(H,17,18). The minimum atomic E-state index is -0.950. The summed E-state index contributed by atoms with van der Waals surface area (Å²) in [5, 5.41) is 22.1. The highest BCUT2D eigenvalue weighted by Crippen LogP contribution is 2.32. The second kappa shape index (κ2) is 5.57. The van der Waals surface area contributed by atoms with Gasteiger partial charge in [-0.1, -0.05) is 12.1 Å². The third-order valence-corrected chi connectivity index (χ3v) is 3.75. The predicted octanol–water partition coefficient (Wildman–Crippen LogP) is 2.24. The summed E-state index contributed by atoms with van der Waals surface area (Å²) in [6.07, 6.45) is 1.77. The molecule has 3 N–H and O–H groups in total. The average molecular weight is 267 g/mol. The number of carboxylic acids is 1. The van der Waals surface area contributed by atoms with Gasteiger partial charge in [-0.2, -0.15) is 0 Å². The fourth-order valence-electron chi connectivity index (χ4n) is 2.44. The fraction of sp³-hybridized carbons (Fsp3) is 0.500. The van der Waals surface area contributed by atoms with Crippen molar-refractivity contribution in [3.63, 3.8) is 0 Å². The summed E-state index contributed by atoms with van der Waals surface area (Å²) in [6, 6.07) is 6.29. The van der Waals surface area contributed by atoms with Crippen LogP contribution in [-0.2, 0) is 4.79 Å². The second-order valence-electron chi connectivity index (χ2n) is 5.17. The lowest BCUT2D eigenvalue weighted by Crippen LogP contribution is -2.41. The molecule has 0 saturated heterocycles. The van der Waals surface area contributed by atoms with Gasteiger partial charge < -0.3 is 15.5 Å². The van der Waals surface area contributed by atoms with Crippen molar-refractivity contribution in [2.75, 3.05) is 11.9 Å². The zero-order chi connectivity index (χ0) is 13.9. The third kappa shape index (κ3) is 3.44. The molecule has 0 radical (unpaired) electrons. The Balaban J connectivity index is 1.90. The Morgan fingerprint density at radius 1 is 1.37 bits per heavy atom. The van der Waals surface area contributed by atoms with Gasteiger partial charge in [-0.15, -0.1) is 0 Å². The minimum absolute atomic E-state index is 0.236. The monoisotopic (exact) mass is 267 g/mol. The first-order valence-electron chi connectivity index (χ1n) is 6.44. The van der Waals surface area contributed by atoms with Gasteiger partial charge in [0, 0.05) is 6.54 Å². The molecular weight excluding hydrogens is 249 g/mol. The van der Waals surface area contributed by atoms with Gasteiger partial charge >= 0.3 is 5.97 Å². The third-order valence-electron chi connectivity index (χ3n) is 3.75. The summed E-state index contributed by atoms with van der Waals surface area (Å²) in [5.41, 5.74) is -0.592. The van der Waals surface area contributed by atoms with Crippen molar-refractivity contribution >= 4 is 11.7 Å². The zero-order valence-corrected chi connectivity index (χ0v) is 10.6. The highest BCUT2D eigenvalue weighted by Gasteiger charge is 2.35. The highest BCUT2D eigenvalue weighted by molar-refractivity contribution is 5.70. The molecule has 0 unspecified atom stereocenters. The molecule has 1 aliphatic carbocycles. The van der Waals surface area contributed by atoms with Gasteiger partial charge in [-0.25, -0.2) is 4.39 Å². The molecule has 104 valence electrons. The molecule has 0 bridgehead atoms. The summed E-state index contributed by atoms with van der Waals surface area (Å²) >= 11 is 0. The van der Waals surface area contributed by atoms with Crippen molar-refractivity contribution in [3.05, 3.63) is 30.1 Å². The Labute approximate surface area is 111 Å². The van der Waals surface area contributed by atoms with Gasteiger partial charge in [-0.05, 0) is 37.8 Å². The van der Waals surface area contributed by atoms with E-state index in [4.69, 9.17) is 5.11 Å². The molecule has 0 amide bonds. The fourth-order valence-corrected chi connectivity index (χ4v) is 2.44. The van der Waals surface area contributed by atoms with Crippen LogP contribution in [0.3, 0.4) is 0 Å². The molecule has 1 aromatic rings. The van der Waals surface area contributed by atoms with E-state index in [1.54, 1.807) is 18.2 Å². The molecule has 2 rings (SSSR count). The molecule has 0 heterocycles. The minimum Gasteiger partial charge on any atom is -0.481 e. The summed E-state index contributed by atoms with van der Waals surface area (Å²) in [6.45, 7) is 0.236. The van der Waals surface area contributed by atoms with E-state index in [0.717, 1.165) is 0 Å². The van der Waals surface area contributed by atoms with Crippen LogP contribution in [-0.4, -0.2) is 28.3 Å². The number of aliphatic carboxylic acids is 1. The van der Waals surface area contributed by atoms with Crippen LogP contribution in [0.15, 0.2) is 24.3 Å². The van der Waals surface area contributed by atoms with Gasteiger partial charge in [0.15, 0.2) is 0 Å². The molecule has 0 aromatic heterocycles. The molecule has 1 aliphatic rings. The number of benzene rings is 1. The first-order valence-corrected chi connectivity index (χ1v) is 6.44. The summed E-state index contributed by atoms with van der Waals surface area (Å²) in [5.74, 6) is -1.52. The van der Waals surface area contributed by atoms with Crippen LogP contribution in [0.4, 0.5) is 10.1 Å². The number of anilines is 1. The van der Waals surface area contributed by atoms with Gasteiger partial charge in [-0.3, -0.25) is 4.79 Å². The van der Waals surface area contributed by atoms with Crippen LogP contribution in [0.2, 0.25) is 0 Å². The predicted molar refractivity (Wildman–Crippen MR) is 69.4 cm³/mol. The van der Waals surface area contributed by atoms with E-state index in [9.17, 15) is 14.3 Å². The number of carbonyl (C=O) groups is 1. The quantitative estimate of drug-likeness (QED) is 0.782. The van der Waals surface area contributed by atoms with Gasteiger partial charge in [0.1, 0.15) is 5.82 Å². The molecule has 1 fully saturated rings. The van der Waals surface area contributed by atoms with Crippen molar-refractivity contribution < 1.29 is 19.4 Å². The molecule has 5 heteroatoms. The van der Waals surface area contributed by atoms with Crippen LogP contribution in [0.1, 0.15) is 25.7 Å². The highest BCUT2D eigenvalue weighted by atomic mass is 19.1. The molecule has 19 heavy (non-hydrogen) atoms. The number of hydrogen-bond donors (Lipinski definition) is 3. The van der Waals surface area contributed by atoms with Crippen molar-refractivity contribution in [1.82, 2.24) is 0 Å². The number of carboxylic acid groups (broad SMARTS) is 1. The molecule has 0 spiro atoms. The van der Waals surface area contributed by atoms with E-state index in [2.05, 4.69) is 5.32 Å². The lowest BCUT2D eigenvalue weighted by Gasteiger charge is -2.35. The Bertz CT molecular complexity index is 456. The summed E-state index contributed by atoms with van der Waals surface area (Å²) in [4.78, 5) is 10.8. The Morgan fingerprint density at radius 3 is 2.58 bits per heavy atom. The van der Waals surface area contributed by atoms with E-state index < -0.39 is 11.6 Å². The Hall–Kier alpha value is -1.62. The van der Waals surface area contributed by atoms with Crippen LogP contribution in [0.5, 0.6) is 0 Å². The summed E-state index contributed by atoms with van der Waals surface area (Å²) in [7, 11) is 0. The van der Waals surface area contributed by atoms with Gasteiger partial charge in [0.2, 0.25) is 0 Å². The van der Waals surface area contributed by atoms with Crippen LogP contribution >= 0.6 is 0 Å². The first kappa shape index (κ1) is 13.8. The largest absolute Gasteiger partial charge is 0.481 e. The number of halogens is 1. The molecule has 1 saturated carbocycles. The molecule has 1 aromatic carbocycles. The Morgan fingerprint density at radius 2 is 2.00 bits per heavy atom. The van der Waals surface area contributed by atoms with E-state index >= 15 is 0 Å². The van der Waals surface area contributed by atoms with Crippen molar-refractivity contribution in [2.24, 2.45) is 5.92 Å². The number of para-hydroxylation sites is 1. The second-order valence-corrected chi connectivity index (χ2v) is 5.17. The average Bonchev–Trinajstić information content (AvgIpc) is 2.38. The van der Waals surface area contributed by atoms with Crippen LogP contribution in [0.25, 0.3) is 0 Å². The SMILES string of the molecule is O=C(O)C1CCC(O)(CNc2ccccc2F)CC1. The van der Waals surface area contributed by atoms with E-state index in [0.29, 0.717) is 31.4 Å². The van der Waals surface area contributed by atoms with E-state index in [1.807, 2.05) is 0 Å². The molecule has 4 nitrogen and oxygen atoms in total. The lowest BCUT2D eigenvalue weighted by atomic mass is 9.79. The number of hydrogen-bond acceptors (Lipinski definition) is 3. The number of aliphatic hydroxyl groups is 1. The lowest BCUT2D eigenvalue weighted by molar-refractivity contribution is -0.144. The maximum Gasteiger partial charge on any atom is 0.306 e. The Kier molecular flexibility index (Phi) is 4.04. The zero-order valence-electron chi connectivity index (χ0n) is 10.6. The molecular formula is C14H18FNO3. The molecule has 0 atom stereocenters. The summed E-state index contributed by atoms with van der Waals surface area (Å²) < 4.78 is 13.4. The van der Waals surface area contributed by atoms with Gasteiger partial charge in [0.25, 0.3) is 0 Å². The van der Waals surface area contributed by atoms with E-state index in [1.165, 1.54) is 6.07 Å². The van der Waals surface area contributed by atoms with Crippen molar-refractivity contribution in [3.8, 4) is 0 Å². The number of rotatable bonds is 4. The molecule has 0 aliphatic heterocycles. The van der Waals surface area contributed by atoms with Crippen molar-refractivity contribution in [2.45, 2.75) is 31.3 Å². The van der Waals surface area contributed by atoms with E-state index in [-0.39, 0.29) is 18.3 Å². The van der Waals surface area contributed by atoms with Crippen molar-refractivity contribution in [1.29, 1.82) is 0 Å². The van der Waals surface area contributed by atoms with Crippen LogP contribution in [0, 0.1) is 11.7 Å². The number of nitrogens with one attached hydrogen (secondary N) is 1. The maximum absolute atomic E-state index is 13.4. The van der Waals surface area contributed by atoms with Gasteiger partial charge in [0.05, 0.1) is 17.2 Å². The first-order chi connectivity index (χ1) is 9.00. The normalized spacial score (nSPS) is 26.9. The maximum atomic E-state index is 13.4.